The van der Waals surface area contributed by atoms with Gasteiger partial charge >= 0.3 is 0 Å². The fourth-order valence-electron chi connectivity index (χ4n) is 1.47. The molecular formula is C12H19N3O. The van der Waals surface area contributed by atoms with Gasteiger partial charge in [-0.25, -0.2) is 0 Å². The van der Waals surface area contributed by atoms with Gasteiger partial charge in [0.1, 0.15) is 0 Å². The van der Waals surface area contributed by atoms with Crippen LogP contribution >= 0.6 is 0 Å². The molecule has 2 N–H and O–H groups in total. The number of nitrogens with zero attached hydrogens (tertiary/aromatic N) is 2. The van der Waals surface area contributed by atoms with E-state index >= 15 is 0 Å². The zero-order chi connectivity index (χ0) is 12.0. The fourth-order valence-corrected chi connectivity index (χ4v) is 1.47. The molecule has 1 atom stereocenters. The number of amides is 1. The van der Waals surface area contributed by atoms with Crippen molar-refractivity contribution in [2.75, 3.05) is 13.1 Å². The van der Waals surface area contributed by atoms with Crippen LogP contribution < -0.4 is 5.73 Å². The van der Waals surface area contributed by atoms with Crippen LogP contribution in [0.5, 0.6) is 0 Å². The molecule has 1 heterocycles. The third-order valence-electron chi connectivity index (χ3n) is 2.59. The summed E-state index contributed by atoms with van der Waals surface area (Å²) >= 11 is 0. The molecule has 1 aromatic rings. The third-order valence-corrected chi connectivity index (χ3v) is 2.59. The monoisotopic (exact) mass is 221 g/mol. The van der Waals surface area contributed by atoms with E-state index < -0.39 is 0 Å². The lowest BCUT2D eigenvalue weighted by atomic mass is 10.1. The minimum absolute atomic E-state index is 0.109. The highest BCUT2D eigenvalue weighted by Crippen LogP contribution is 2.07. The summed E-state index contributed by atoms with van der Waals surface area (Å²) in [6.07, 6.45) is 3.47. The average molecular weight is 221 g/mol. The predicted octanol–water partition coefficient (Wildman–Crippen LogP) is 1.02. The Morgan fingerprint density at radius 2 is 2.12 bits per heavy atom. The first-order valence-electron chi connectivity index (χ1n) is 5.56. The van der Waals surface area contributed by atoms with E-state index in [9.17, 15) is 4.79 Å². The molecule has 0 aliphatic carbocycles. The van der Waals surface area contributed by atoms with E-state index in [1.165, 1.54) is 0 Å². The first-order chi connectivity index (χ1) is 7.69. The number of carbonyl (C=O) groups is 1. The standard InChI is InChI=1S/C12H19N3O/c1-3-15(12(16)10(2)8-13)9-11-4-6-14-7-5-11/h4-7,10H,3,8-9,13H2,1-2H3. The van der Waals surface area contributed by atoms with Gasteiger partial charge in [0, 0.05) is 37.9 Å². The maximum Gasteiger partial charge on any atom is 0.226 e. The van der Waals surface area contributed by atoms with Crippen LogP contribution in [0.3, 0.4) is 0 Å². The summed E-state index contributed by atoms with van der Waals surface area (Å²) < 4.78 is 0. The molecule has 0 aliphatic heterocycles. The summed E-state index contributed by atoms with van der Waals surface area (Å²) in [5, 5.41) is 0. The van der Waals surface area contributed by atoms with E-state index in [4.69, 9.17) is 5.73 Å². The molecule has 0 radical (unpaired) electrons. The van der Waals surface area contributed by atoms with E-state index in [2.05, 4.69) is 4.98 Å². The predicted molar refractivity (Wildman–Crippen MR) is 63.5 cm³/mol. The van der Waals surface area contributed by atoms with Crippen LogP contribution in [-0.4, -0.2) is 28.9 Å². The normalized spacial score (nSPS) is 12.2. The first kappa shape index (κ1) is 12.6. The number of aromatic nitrogens is 1. The second-order valence-corrected chi connectivity index (χ2v) is 3.84. The van der Waals surface area contributed by atoms with Gasteiger partial charge in [0.25, 0.3) is 0 Å². The molecule has 4 heteroatoms. The topological polar surface area (TPSA) is 59.2 Å². The molecule has 0 aromatic carbocycles. The van der Waals surface area contributed by atoms with Crippen molar-refractivity contribution >= 4 is 5.91 Å². The Kier molecular flexibility index (Phi) is 4.92. The van der Waals surface area contributed by atoms with Gasteiger partial charge in [-0.3, -0.25) is 9.78 Å². The quantitative estimate of drug-likeness (QED) is 0.807. The SMILES string of the molecule is CCN(Cc1ccncc1)C(=O)C(C)CN. The van der Waals surface area contributed by atoms with Crippen molar-refractivity contribution in [2.24, 2.45) is 11.7 Å². The smallest absolute Gasteiger partial charge is 0.226 e. The molecule has 0 fully saturated rings. The third kappa shape index (κ3) is 3.31. The largest absolute Gasteiger partial charge is 0.338 e. The van der Waals surface area contributed by atoms with Crippen molar-refractivity contribution in [1.29, 1.82) is 0 Å². The number of hydrogen-bond donors (Lipinski definition) is 1. The van der Waals surface area contributed by atoms with Gasteiger partial charge in [-0.05, 0) is 24.6 Å². The van der Waals surface area contributed by atoms with Gasteiger partial charge < -0.3 is 10.6 Å². The molecule has 1 amide bonds. The highest BCUT2D eigenvalue weighted by atomic mass is 16.2. The van der Waals surface area contributed by atoms with E-state index in [1.54, 1.807) is 12.4 Å². The van der Waals surface area contributed by atoms with Crippen molar-refractivity contribution < 1.29 is 4.79 Å². The van der Waals surface area contributed by atoms with Crippen LogP contribution in [-0.2, 0) is 11.3 Å². The van der Waals surface area contributed by atoms with Crippen LogP contribution in [0.1, 0.15) is 19.4 Å². The summed E-state index contributed by atoms with van der Waals surface area (Å²) in [7, 11) is 0. The number of nitrogens with two attached hydrogens (primary N) is 1. The summed E-state index contributed by atoms with van der Waals surface area (Å²) in [6.45, 7) is 5.55. The minimum atomic E-state index is -0.109. The van der Waals surface area contributed by atoms with Crippen LogP contribution in [0.4, 0.5) is 0 Å². The molecule has 1 unspecified atom stereocenters. The van der Waals surface area contributed by atoms with Gasteiger partial charge in [0.2, 0.25) is 5.91 Å². The Morgan fingerprint density at radius 3 is 2.62 bits per heavy atom. The molecule has 88 valence electrons. The summed E-state index contributed by atoms with van der Waals surface area (Å²) in [5.74, 6) is 0.00333. The van der Waals surface area contributed by atoms with E-state index in [0.29, 0.717) is 19.6 Å². The van der Waals surface area contributed by atoms with Gasteiger partial charge in [-0.15, -0.1) is 0 Å². The molecule has 0 bridgehead atoms. The Labute approximate surface area is 96.5 Å². The van der Waals surface area contributed by atoms with Gasteiger partial charge in [-0.1, -0.05) is 6.92 Å². The van der Waals surface area contributed by atoms with Gasteiger partial charge in [0.15, 0.2) is 0 Å². The highest BCUT2D eigenvalue weighted by Gasteiger charge is 2.17. The Balaban J connectivity index is 2.66. The lowest BCUT2D eigenvalue weighted by Gasteiger charge is -2.23. The van der Waals surface area contributed by atoms with Gasteiger partial charge in [-0.2, -0.15) is 0 Å². The van der Waals surface area contributed by atoms with Crippen molar-refractivity contribution in [3.63, 3.8) is 0 Å². The zero-order valence-corrected chi connectivity index (χ0v) is 9.89. The minimum Gasteiger partial charge on any atom is -0.338 e. The summed E-state index contributed by atoms with van der Waals surface area (Å²) in [5.41, 5.74) is 6.59. The Morgan fingerprint density at radius 1 is 1.50 bits per heavy atom. The lowest BCUT2D eigenvalue weighted by molar-refractivity contribution is -0.135. The molecule has 0 aliphatic rings. The summed E-state index contributed by atoms with van der Waals surface area (Å²) in [4.78, 5) is 17.7. The molecule has 0 saturated heterocycles. The Bertz CT molecular complexity index is 326. The maximum atomic E-state index is 11.9. The van der Waals surface area contributed by atoms with Crippen molar-refractivity contribution in [3.8, 4) is 0 Å². The fraction of sp³-hybridized carbons (Fsp3) is 0.500. The van der Waals surface area contributed by atoms with Crippen LogP contribution in [0.15, 0.2) is 24.5 Å². The highest BCUT2D eigenvalue weighted by molar-refractivity contribution is 5.78. The van der Waals surface area contributed by atoms with E-state index in [1.807, 2.05) is 30.9 Å². The first-order valence-corrected chi connectivity index (χ1v) is 5.56. The van der Waals surface area contributed by atoms with Crippen molar-refractivity contribution in [3.05, 3.63) is 30.1 Å². The second kappa shape index (κ2) is 6.23. The number of rotatable bonds is 5. The molecule has 16 heavy (non-hydrogen) atoms. The molecule has 1 rings (SSSR count). The van der Waals surface area contributed by atoms with Crippen LogP contribution in [0.2, 0.25) is 0 Å². The average Bonchev–Trinajstić information content (AvgIpc) is 2.35. The zero-order valence-electron chi connectivity index (χ0n) is 9.89. The van der Waals surface area contributed by atoms with Crippen molar-refractivity contribution in [2.45, 2.75) is 20.4 Å². The van der Waals surface area contributed by atoms with E-state index in [-0.39, 0.29) is 11.8 Å². The number of pyridine rings is 1. The molecule has 0 spiro atoms. The number of hydrogen-bond acceptors (Lipinski definition) is 3. The van der Waals surface area contributed by atoms with Crippen LogP contribution in [0, 0.1) is 5.92 Å². The molecular weight excluding hydrogens is 202 g/mol. The second-order valence-electron chi connectivity index (χ2n) is 3.84. The maximum absolute atomic E-state index is 11.9. The Hall–Kier alpha value is -1.42. The van der Waals surface area contributed by atoms with Crippen molar-refractivity contribution in [1.82, 2.24) is 9.88 Å². The molecule has 0 saturated carbocycles. The number of carbonyl (C=O) groups excluding carboxylic acids is 1. The molecule has 4 nitrogen and oxygen atoms in total. The van der Waals surface area contributed by atoms with Gasteiger partial charge in [0.05, 0.1) is 0 Å². The van der Waals surface area contributed by atoms with Crippen LogP contribution in [0.25, 0.3) is 0 Å². The molecule has 1 aromatic heterocycles. The summed E-state index contributed by atoms with van der Waals surface area (Å²) in [6, 6.07) is 3.84. The van der Waals surface area contributed by atoms with E-state index in [0.717, 1.165) is 5.56 Å². The lowest BCUT2D eigenvalue weighted by Crippen LogP contribution is -2.37.